The molecule has 3 rings (SSSR count). The van der Waals surface area contributed by atoms with Crippen LogP contribution >= 0.6 is 99.9 Å². The van der Waals surface area contributed by atoms with Crippen molar-refractivity contribution in [2.75, 3.05) is 26.2 Å². The van der Waals surface area contributed by atoms with Gasteiger partial charge in [0.25, 0.3) is 0 Å². The zero-order valence-corrected chi connectivity index (χ0v) is 35.7. The van der Waals surface area contributed by atoms with Crippen LogP contribution in [0.3, 0.4) is 0 Å². The van der Waals surface area contributed by atoms with Crippen LogP contribution in [0.1, 0.15) is 45.1 Å². The molecule has 15 heteroatoms. The van der Waals surface area contributed by atoms with Gasteiger partial charge in [-0.1, -0.05) is 30.3 Å². The number of rotatable bonds is 4. The first-order valence-corrected chi connectivity index (χ1v) is 34.4. The van der Waals surface area contributed by atoms with E-state index in [2.05, 4.69) is 119 Å². The standard InChI is InChI=1S/C14H17NO4.C6H11NO2.2C2H5.5HI.2V/c16-13(17)12-7-4-8-15(9-12)14(18)19-10-11-5-2-1-3-6-11;8-6(9)5-2-1-3-7-4-5;2*1-2;;;;;;;/h1-3,5-6,12H,4,7-10H2,(H,16,17);5,7H,1-4H2,(H,8,9);2*1H2,2H3;5*1H;;/q;;2*-1;;;;;;+2;+3/p-5. The van der Waals surface area contributed by atoms with Crippen molar-refractivity contribution in [3.8, 4) is 0 Å². The van der Waals surface area contributed by atoms with Gasteiger partial charge in [-0.05, 0) is 37.8 Å². The van der Waals surface area contributed by atoms with Crippen LogP contribution < -0.4 is 5.32 Å². The number of ether oxygens (including phenoxy) is 1. The van der Waals surface area contributed by atoms with Crippen LogP contribution in [0.5, 0.6) is 0 Å². The molecule has 8 nitrogen and oxygen atoms in total. The average Bonchev–Trinajstić information content (AvgIpc) is 2.95. The molecule has 0 spiro atoms. The predicted octanol–water partition coefficient (Wildman–Crippen LogP) is 8.29. The van der Waals surface area contributed by atoms with Crippen molar-refractivity contribution in [3.63, 3.8) is 0 Å². The van der Waals surface area contributed by atoms with E-state index < -0.39 is 23.9 Å². The molecule has 0 saturated carbocycles. The van der Waals surface area contributed by atoms with Gasteiger partial charge >= 0.3 is 132 Å². The van der Waals surface area contributed by atoms with Crippen LogP contribution in [0, 0.1) is 25.7 Å². The first-order chi connectivity index (χ1) is 18.6. The Morgan fingerprint density at radius 1 is 1.00 bits per heavy atom. The molecule has 39 heavy (non-hydrogen) atoms. The molecule has 2 unspecified atom stereocenters. The number of carbonyl (C=O) groups is 3. The Morgan fingerprint density at radius 2 is 1.49 bits per heavy atom. The quantitative estimate of drug-likeness (QED) is 0.206. The summed E-state index contributed by atoms with van der Waals surface area (Å²) in [4.78, 5) is 34.3. The molecule has 0 aromatic heterocycles. The minimum atomic E-state index is -0.847. The van der Waals surface area contributed by atoms with Gasteiger partial charge in [0, 0.05) is 19.6 Å². The van der Waals surface area contributed by atoms with E-state index in [1.807, 2.05) is 30.3 Å². The number of carbonyl (C=O) groups excluding carboxylic acids is 1. The molecule has 2 heterocycles. The molecule has 227 valence electrons. The molecular weight excluding hydrogens is 1150 g/mol. The SMILES string of the molecule is O=C(O)C1CCCN(C(=O)OCc2ccccc2)C1.O=C(O)C1CCCNC1.[CH2-]C.[CH2-]C.[I][V]([I])[I].[I][V][I]. The average molecular weight is 1190 g/mol. The molecule has 0 bridgehead atoms. The fraction of sp³-hybridized carbons (Fsp3) is 0.542. The molecule has 3 N–H and O–H groups in total. The maximum absolute atomic E-state index is 11.9. The van der Waals surface area contributed by atoms with Crippen molar-refractivity contribution >= 4 is 118 Å². The van der Waals surface area contributed by atoms with Gasteiger partial charge in [-0.15, -0.1) is 0 Å². The third kappa shape index (κ3) is 28.7. The Kier molecular flexibility index (Phi) is 38.7. The van der Waals surface area contributed by atoms with Crippen LogP contribution in [-0.2, 0) is 35.3 Å². The Balaban J connectivity index is -0.000000538. The Morgan fingerprint density at radius 3 is 1.90 bits per heavy atom. The van der Waals surface area contributed by atoms with E-state index in [-0.39, 0.29) is 24.0 Å². The topological polar surface area (TPSA) is 116 Å². The summed E-state index contributed by atoms with van der Waals surface area (Å²) in [6, 6.07) is 9.41. The molecule has 2 saturated heterocycles. The summed E-state index contributed by atoms with van der Waals surface area (Å²) in [6.07, 6.45) is 2.73. The Bertz CT molecular complexity index is 733. The number of nitrogens with zero attached hydrogens (tertiary/aromatic N) is 1. The molecule has 2 aliphatic rings. The second kappa shape index (κ2) is 33.1. The number of piperidine rings is 2. The zero-order chi connectivity index (χ0) is 30.6. The summed E-state index contributed by atoms with van der Waals surface area (Å²) in [6.45, 7) is 12.6. The number of halogens is 5. The molecular formula is C24H38I5N2O6V2-2. The number of nitrogens with one attached hydrogen (secondary N) is 1. The minimum absolute atomic E-state index is 0.140. The van der Waals surface area contributed by atoms with Gasteiger partial charge in [0.15, 0.2) is 0 Å². The first-order valence-electron chi connectivity index (χ1n) is 11.8. The maximum atomic E-state index is 11.9. The second-order valence-electron chi connectivity index (χ2n) is 7.30. The van der Waals surface area contributed by atoms with Gasteiger partial charge in [-0.2, -0.15) is 13.8 Å². The second-order valence-corrected chi connectivity index (χ2v) is 54.5. The number of amides is 1. The third-order valence-electron chi connectivity index (χ3n) is 4.88. The summed E-state index contributed by atoms with van der Waals surface area (Å²) in [5.74, 6) is -2.13. The van der Waals surface area contributed by atoms with Crippen molar-refractivity contribution in [1.29, 1.82) is 0 Å². The molecule has 1 aromatic carbocycles. The van der Waals surface area contributed by atoms with Crippen LogP contribution in [0.4, 0.5) is 4.79 Å². The number of carboxylic acids is 2. The Labute approximate surface area is 301 Å². The zero-order valence-electron chi connectivity index (χ0n) is 22.1. The molecule has 1 amide bonds. The third-order valence-corrected chi connectivity index (χ3v) is 4.88. The normalized spacial score (nSPS) is 17.2. The van der Waals surface area contributed by atoms with Crippen molar-refractivity contribution in [3.05, 3.63) is 49.7 Å². The summed E-state index contributed by atoms with van der Waals surface area (Å²) in [7, 11) is 0.628. The van der Waals surface area contributed by atoms with E-state index in [0.717, 1.165) is 24.9 Å². The van der Waals surface area contributed by atoms with Crippen LogP contribution in [0.15, 0.2) is 30.3 Å². The molecule has 0 aliphatic carbocycles. The summed E-state index contributed by atoms with van der Waals surface area (Å²) >= 11 is 12.1. The van der Waals surface area contributed by atoms with Crippen LogP contribution in [-0.4, -0.2) is 59.3 Å². The van der Waals surface area contributed by atoms with Crippen LogP contribution in [0.2, 0.25) is 0 Å². The van der Waals surface area contributed by atoms with E-state index >= 15 is 0 Å². The van der Waals surface area contributed by atoms with Crippen LogP contribution in [0.25, 0.3) is 0 Å². The van der Waals surface area contributed by atoms with Crippen molar-refractivity contribution in [2.45, 2.75) is 46.1 Å². The van der Waals surface area contributed by atoms with E-state index in [1.165, 1.54) is 4.90 Å². The summed E-state index contributed by atoms with van der Waals surface area (Å²) < 4.78 is 5.19. The van der Waals surface area contributed by atoms with Crippen molar-refractivity contribution in [1.82, 2.24) is 10.2 Å². The number of carboxylic acid groups (broad SMARTS) is 2. The van der Waals surface area contributed by atoms with Gasteiger partial charge in [-0.25, -0.2) is 4.79 Å². The number of hydrogen-bond acceptors (Lipinski definition) is 5. The molecule has 2 aliphatic heterocycles. The predicted molar refractivity (Wildman–Crippen MR) is 194 cm³/mol. The van der Waals surface area contributed by atoms with Crippen molar-refractivity contribution in [2.24, 2.45) is 11.8 Å². The molecule has 0 radical (unpaired) electrons. The van der Waals surface area contributed by atoms with E-state index in [1.54, 1.807) is 13.8 Å². The number of hydrogen-bond donors (Lipinski definition) is 3. The van der Waals surface area contributed by atoms with E-state index in [9.17, 15) is 14.4 Å². The number of benzene rings is 1. The number of likely N-dealkylation sites (tertiary alicyclic amines) is 1. The molecule has 2 atom stereocenters. The molecule has 2 fully saturated rings. The van der Waals surface area contributed by atoms with Crippen molar-refractivity contribution < 1.29 is 43.7 Å². The molecule has 1 aromatic rings. The van der Waals surface area contributed by atoms with E-state index in [0.29, 0.717) is 35.4 Å². The van der Waals surface area contributed by atoms with Gasteiger partial charge in [-0.3, -0.25) is 9.59 Å². The van der Waals surface area contributed by atoms with Gasteiger partial charge in [0.2, 0.25) is 0 Å². The van der Waals surface area contributed by atoms with Gasteiger partial charge < -0.3 is 39.0 Å². The summed E-state index contributed by atoms with van der Waals surface area (Å²) in [5.41, 5.74) is 0.919. The van der Waals surface area contributed by atoms with Gasteiger partial charge in [0.05, 0.1) is 11.8 Å². The van der Waals surface area contributed by atoms with E-state index in [4.69, 9.17) is 14.9 Å². The fourth-order valence-corrected chi connectivity index (χ4v) is 3.22. The Hall–Kier alpha value is 2.21. The fourth-order valence-electron chi connectivity index (χ4n) is 3.22. The number of aliphatic carboxylic acids is 2. The monoisotopic (exact) mass is 1190 g/mol. The van der Waals surface area contributed by atoms with Gasteiger partial charge in [0.1, 0.15) is 6.61 Å². The first kappa shape index (κ1) is 45.6. The summed E-state index contributed by atoms with van der Waals surface area (Å²) in [5, 5.41) is 20.5.